The van der Waals surface area contributed by atoms with Crippen LogP contribution in [0.4, 0.5) is 0 Å². The van der Waals surface area contributed by atoms with Crippen LogP contribution in [0, 0.1) is 6.92 Å². The average Bonchev–Trinajstić information content (AvgIpc) is 3.26. The summed E-state index contributed by atoms with van der Waals surface area (Å²) in [5.74, 6) is 1.77. The molecule has 0 aromatic carbocycles. The lowest BCUT2D eigenvalue weighted by Crippen LogP contribution is -2.43. The van der Waals surface area contributed by atoms with Gasteiger partial charge < -0.3 is 14.6 Å². The van der Waals surface area contributed by atoms with Crippen LogP contribution in [0.1, 0.15) is 50.0 Å². The molecule has 3 rings (SSSR count). The number of amides is 2. The topological polar surface area (TPSA) is 65.8 Å². The molecule has 2 atom stereocenters. The van der Waals surface area contributed by atoms with Crippen LogP contribution in [0.2, 0.25) is 0 Å². The first kappa shape index (κ1) is 18.0. The molecule has 2 aliphatic rings. The van der Waals surface area contributed by atoms with Crippen LogP contribution in [-0.4, -0.2) is 60.4 Å². The Morgan fingerprint density at radius 1 is 1.28 bits per heavy atom. The van der Waals surface area contributed by atoms with E-state index >= 15 is 0 Å². The second-order valence-electron chi connectivity index (χ2n) is 7.51. The fourth-order valence-corrected chi connectivity index (χ4v) is 4.14. The molecule has 0 radical (unpaired) electrons. The molecular weight excluding hydrogens is 318 g/mol. The fraction of sp³-hybridized carbons (Fsp3) is 0.684. The predicted molar refractivity (Wildman–Crippen MR) is 95.3 cm³/mol. The highest BCUT2D eigenvalue weighted by Crippen LogP contribution is 2.30. The molecule has 2 fully saturated rings. The Morgan fingerprint density at radius 3 is 2.60 bits per heavy atom. The van der Waals surface area contributed by atoms with Crippen molar-refractivity contribution in [1.82, 2.24) is 15.1 Å². The van der Waals surface area contributed by atoms with Crippen molar-refractivity contribution in [2.45, 2.75) is 57.5 Å². The summed E-state index contributed by atoms with van der Waals surface area (Å²) >= 11 is 0. The number of carbonyl (C=O) groups is 2. The number of nitrogens with one attached hydrogen (secondary N) is 1. The zero-order valence-corrected chi connectivity index (χ0v) is 15.5. The SMILES string of the molecule is CC(=O)NC1CN(C(=O)CN(C)C2CCCC2)CC1c1ccc(C)o1. The summed E-state index contributed by atoms with van der Waals surface area (Å²) in [4.78, 5) is 28.4. The number of furan rings is 1. The normalized spacial score (nSPS) is 24.2. The minimum atomic E-state index is -0.0937. The number of carbonyl (C=O) groups excluding carboxylic acids is 2. The molecule has 1 aliphatic carbocycles. The Labute approximate surface area is 149 Å². The standard InChI is InChI=1S/C19H29N3O3/c1-13-8-9-18(25-13)16-10-22(11-17(16)20-14(2)23)19(24)12-21(3)15-6-4-5-7-15/h8-9,15-17H,4-7,10-12H2,1-3H3,(H,20,23). The molecule has 1 aromatic rings. The molecule has 0 spiro atoms. The second kappa shape index (κ2) is 7.60. The highest BCUT2D eigenvalue weighted by atomic mass is 16.3. The van der Waals surface area contributed by atoms with Crippen molar-refractivity contribution in [2.24, 2.45) is 0 Å². The maximum absolute atomic E-state index is 12.8. The molecule has 1 saturated carbocycles. The Morgan fingerprint density at radius 2 is 2.00 bits per heavy atom. The number of likely N-dealkylation sites (N-methyl/N-ethyl adjacent to an activating group) is 1. The molecule has 2 heterocycles. The van der Waals surface area contributed by atoms with Crippen LogP contribution in [0.15, 0.2) is 16.5 Å². The summed E-state index contributed by atoms with van der Waals surface area (Å²) in [7, 11) is 2.04. The van der Waals surface area contributed by atoms with Crippen molar-refractivity contribution in [3.05, 3.63) is 23.7 Å². The van der Waals surface area contributed by atoms with Crippen LogP contribution in [0.3, 0.4) is 0 Å². The van der Waals surface area contributed by atoms with Crippen molar-refractivity contribution in [2.75, 3.05) is 26.7 Å². The van der Waals surface area contributed by atoms with E-state index in [1.807, 2.05) is 31.0 Å². The lowest BCUT2D eigenvalue weighted by molar-refractivity contribution is -0.132. The van der Waals surface area contributed by atoms with E-state index in [0.717, 1.165) is 11.5 Å². The van der Waals surface area contributed by atoms with Gasteiger partial charge in [-0.15, -0.1) is 0 Å². The largest absolute Gasteiger partial charge is 0.466 e. The molecule has 1 saturated heterocycles. The van der Waals surface area contributed by atoms with Crippen molar-refractivity contribution >= 4 is 11.8 Å². The lowest BCUT2D eigenvalue weighted by Gasteiger charge is -2.26. The average molecular weight is 347 g/mol. The van der Waals surface area contributed by atoms with E-state index < -0.39 is 0 Å². The number of hydrogen-bond donors (Lipinski definition) is 1. The number of likely N-dealkylation sites (tertiary alicyclic amines) is 1. The van der Waals surface area contributed by atoms with E-state index in [1.54, 1.807) is 0 Å². The smallest absolute Gasteiger partial charge is 0.236 e. The molecule has 25 heavy (non-hydrogen) atoms. The van der Waals surface area contributed by atoms with Crippen LogP contribution in [0.5, 0.6) is 0 Å². The summed E-state index contributed by atoms with van der Waals surface area (Å²) in [5, 5.41) is 2.99. The van der Waals surface area contributed by atoms with E-state index in [1.165, 1.54) is 32.6 Å². The van der Waals surface area contributed by atoms with Crippen LogP contribution in [-0.2, 0) is 9.59 Å². The van der Waals surface area contributed by atoms with E-state index in [4.69, 9.17) is 4.42 Å². The summed E-state index contributed by atoms with van der Waals surface area (Å²) in [6.07, 6.45) is 4.90. The third-order valence-corrected chi connectivity index (χ3v) is 5.52. The molecule has 6 heteroatoms. The van der Waals surface area contributed by atoms with Gasteiger partial charge in [0.15, 0.2) is 0 Å². The second-order valence-corrected chi connectivity index (χ2v) is 7.51. The summed E-state index contributed by atoms with van der Waals surface area (Å²) in [6.45, 7) is 5.01. The Bertz CT molecular complexity index is 621. The molecule has 138 valence electrons. The maximum atomic E-state index is 12.8. The third-order valence-electron chi connectivity index (χ3n) is 5.52. The molecule has 0 bridgehead atoms. The summed E-state index contributed by atoms with van der Waals surface area (Å²) in [6, 6.07) is 4.32. The van der Waals surface area contributed by atoms with Gasteiger partial charge in [-0.2, -0.15) is 0 Å². The molecule has 2 unspecified atom stereocenters. The monoisotopic (exact) mass is 347 g/mol. The Hall–Kier alpha value is -1.82. The van der Waals surface area contributed by atoms with Gasteiger partial charge in [-0.25, -0.2) is 0 Å². The van der Waals surface area contributed by atoms with Gasteiger partial charge in [0.1, 0.15) is 11.5 Å². The first-order valence-corrected chi connectivity index (χ1v) is 9.25. The fourth-order valence-electron chi connectivity index (χ4n) is 4.14. The predicted octanol–water partition coefficient (Wildman–Crippen LogP) is 1.89. The molecule has 1 aliphatic heterocycles. The van der Waals surface area contributed by atoms with Gasteiger partial charge in [0, 0.05) is 26.1 Å². The highest BCUT2D eigenvalue weighted by Gasteiger charge is 2.38. The minimum absolute atomic E-state index is 0.0123. The molecular formula is C19H29N3O3. The van der Waals surface area contributed by atoms with E-state index in [2.05, 4.69) is 10.2 Å². The Kier molecular flexibility index (Phi) is 5.47. The quantitative estimate of drug-likeness (QED) is 0.883. The number of hydrogen-bond acceptors (Lipinski definition) is 4. The van der Waals surface area contributed by atoms with Gasteiger partial charge in [0.05, 0.1) is 18.5 Å². The molecule has 2 amide bonds. The van der Waals surface area contributed by atoms with E-state index in [9.17, 15) is 9.59 Å². The van der Waals surface area contributed by atoms with Gasteiger partial charge in [0.25, 0.3) is 0 Å². The zero-order chi connectivity index (χ0) is 18.0. The van der Waals surface area contributed by atoms with E-state index in [-0.39, 0.29) is 23.8 Å². The zero-order valence-electron chi connectivity index (χ0n) is 15.5. The number of aryl methyl sites for hydroxylation is 1. The van der Waals surface area contributed by atoms with Gasteiger partial charge >= 0.3 is 0 Å². The van der Waals surface area contributed by atoms with Gasteiger partial charge in [-0.05, 0) is 38.9 Å². The number of rotatable bonds is 5. The lowest BCUT2D eigenvalue weighted by atomic mass is 10.0. The minimum Gasteiger partial charge on any atom is -0.466 e. The Balaban J connectivity index is 1.65. The van der Waals surface area contributed by atoms with Crippen LogP contribution in [0.25, 0.3) is 0 Å². The van der Waals surface area contributed by atoms with Crippen molar-refractivity contribution in [3.8, 4) is 0 Å². The van der Waals surface area contributed by atoms with Crippen molar-refractivity contribution in [1.29, 1.82) is 0 Å². The highest BCUT2D eigenvalue weighted by molar-refractivity contribution is 5.79. The van der Waals surface area contributed by atoms with Gasteiger partial charge in [-0.1, -0.05) is 12.8 Å². The first-order chi connectivity index (χ1) is 11.9. The molecule has 6 nitrogen and oxygen atoms in total. The molecule has 1 aromatic heterocycles. The summed E-state index contributed by atoms with van der Waals surface area (Å²) in [5.41, 5.74) is 0. The summed E-state index contributed by atoms with van der Waals surface area (Å²) < 4.78 is 5.77. The van der Waals surface area contributed by atoms with E-state index in [0.29, 0.717) is 25.7 Å². The molecule has 1 N–H and O–H groups in total. The van der Waals surface area contributed by atoms with Crippen molar-refractivity contribution < 1.29 is 14.0 Å². The third kappa shape index (κ3) is 4.24. The number of nitrogens with zero attached hydrogens (tertiary/aromatic N) is 2. The van der Waals surface area contributed by atoms with Gasteiger partial charge in [-0.3, -0.25) is 14.5 Å². The van der Waals surface area contributed by atoms with Crippen LogP contribution < -0.4 is 5.32 Å². The maximum Gasteiger partial charge on any atom is 0.236 e. The van der Waals surface area contributed by atoms with Crippen molar-refractivity contribution in [3.63, 3.8) is 0 Å². The first-order valence-electron chi connectivity index (χ1n) is 9.25. The van der Waals surface area contributed by atoms with Gasteiger partial charge in [0.2, 0.25) is 11.8 Å². The van der Waals surface area contributed by atoms with Crippen LogP contribution >= 0.6 is 0 Å².